The van der Waals surface area contributed by atoms with Gasteiger partial charge in [0.1, 0.15) is 0 Å². The molecule has 1 unspecified atom stereocenters. The molecule has 1 aromatic rings. The van der Waals surface area contributed by atoms with Crippen molar-refractivity contribution in [3.05, 3.63) is 18.0 Å². The molecular weight excluding hydrogens is 234 g/mol. The minimum Gasteiger partial charge on any atom is -0.323 e. The molecule has 0 spiro atoms. The van der Waals surface area contributed by atoms with Crippen molar-refractivity contribution in [2.75, 3.05) is 0 Å². The zero-order valence-electron chi connectivity index (χ0n) is 12.7. The molecule has 2 N–H and O–H groups in total. The maximum atomic E-state index is 6.64. The fraction of sp³-hybridized carbons (Fsp3) is 0.812. The summed E-state index contributed by atoms with van der Waals surface area (Å²) < 4.78 is 2.03. The van der Waals surface area contributed by atoms with Crippen molar-refractivity contribution in [2.24, 2.45) is 17.1 Å². The maximum Gasteiger partial charge on any atom is 0.0537 e. The number of aromatic nitrogens is 2. The van der Waals surface area contributed by atoms with Gasteiger partial charge >= 0.3 is 0 Å². The number of nitrogens with zero attached hydrogens (tertiary/aromatic N) is 2. The first kappa shape index (κ1) is 14.6. The molecule has 1 saturated carbocycles. The van der Waals surface area contributed by atoms with Gasteiger partial charge < -0.3 is 5.73 Å². The SMILES string of the molecule is CCCn1cc(C(N)C2(CC(C)C)CCCC2)cn1. The summed E-state index contributed by atoms with van der Waals surface area (Å²) in [6, 6.07) is 0.156. The molecule has 1 aliphatic rings. The summed E-state index contributed by atoms with van der Waals surface area (Å²) in [5.41, 5.74) is 8.19. The first-order chi connectivity index (χ1) is 9.07. The summed E-state index contributed by atoms with van der Waals surface area (Å²) in [4.78, 5) is 0. The number of nitrogens with two attached hydrogens (primary N) is 1. The van der Waals surface area contributed by atoms with Gasteiger partial charge in [0, 0.05) is 24.3 Å². The second kappa shape index (κ2) is 6.08. The second-order valence-electron chi connectivity index (χ2n) is 6.68. The van der Waals surface area contributed by atoms with Gasteiger partial charge in [-0.2, -0.15) is 5.10 Å². The van der Waals surface area contributed by atoms with Crippen molar-refractivity contribution in [3.63, 3.8) is 0 Å². The van der Waals surface area contributed by atoms with Gasteiger partial charge in [0.15, 0.2) is 0 Å². The molecule has 1 heterocycles. The minimum absolute atomic E-state index is 0.156. The Morgan fingerprint density at radius 2 is 2.05 bits per heavy atom. The lowest BCUT2D eigenvalue weighted by molar-refractivity contribution is 0.183. The zero-order chi connectivity index (χ0) is 13.9. The van der Waals surface area contributed by atoms with E-state index in [0.717, 1.165) is 18.9 Å². The molecule has 0 bridgehead atoms. The molecule has 1 aliphatic carbocycles. The minimum atomic E-state index is 0.156. The van der Waals surface area contributed by atoms with E-state index in [1.165, 1.54) is 37.7 Å². The van der Waals surface area contributed by atoms with Gasteiger partial charge in [-0.25, -0.2) is 0 Å². The van der Waals surface area contributed by atoms with E-state index in [1.807, 2.05) is 10.9 Å². The van der Waals surface area contributed by atoms with Crippen LogP contribution in [0.4, 0.5) is 0 Å². The normalized spacial score (nSPS) is 20.1. The molecule has 0 saturated heterocycles. The number of hydrogen-bond donors (Lipinski definition) is 1. The standard InChI is InChI=1S/C16H29N3/c1-4-9-19-12-14(11-18-19)15(17)16(10-13(2)3)7-5-6-8-16/h11-13,15H,4-10,17H2,1-3H3. The van der Waals surface area contributed by atoms with Crippen LogP contribution in [0.25, 0.3) is 0 Å². The number of hydrogen-bond acceptors (Lipinski definition) is 2. The van der Waals surface area contributed by atoms with E-state index in [2.05, 4.69) is 32.1 Å². The lowest BCUT2D eigenvalue weighted by Gasteiger charge is -2.36. The summed E-state index contributed by atoms with van der Waals surface area (Å²) in [7, 11) is 0. The first-order valence-electron chi connectivity index (χ1n) is 7.85. The highest BCUT2D eigenvalue weighted by atomic mass is 15.3. The third-order valence-corrected chi connectivity index (χ3v) is 4.54. The van der Waals surface area contributed by atoms with Crippen LogP contribution in [0, 0.1) is 11.3 Å². The number of rotatable bonds is 6. The van der Waals surface area contributed by atoms with Crippen LogP contribution in [0.1, 0.15) is 70.9 Å². The Bertz CT molecular complexity index is 388. The molecule has 2 rings (SSSR count). The molecule has 108 valence electrons. The summed E-state index contributed by atoms with van der Waals surface area (Å²) in [5, 5.41) is 4.45. The topological polar surface area (TPSA) is 43.8 Å². The van der Waals surface area contributed by atoms with Crippen LogP contribution in [0.2, 0.25) is 0 Å². The highest BCUT2D eigenvalue weighted by Gasteiger charge is 2.40. The molecule has 0 aromatic carbocycles. The van der Waals surface area contributed by atoms with Gasteiger partial charge in [0.25, 0.3) is 0 Å². The van der Waals surface area contributed by atoms with Crippen molar-refractivity contribution in [2.45, 2.75) is 71.9 Å². The van der Waals surface area contributed by atoms with Crippen LogP contribution in [0.5, 0.6) is 0 Å². The monoisotopic (exact) mass is 263 g/mol. The van der Waals surface area contributed by atoms with Crippen molar-refractivity contribution in [1.29, 1.82) is 0 Å². The van der Waals surface area contributed by atoms with E-state index >= 15 is 0 Å². The second-order valence-corrected chi connectivity index (χ2v) is 6.68. The summed E-state index contributed by atoms with van der Waals surface area (Å²) >= 11 is 0. The van der Waals surface area contributed by atoms with E-state index in [-0.39, 0.29) is 6.04 Å². The lowest BCUT2D eigenvalue weighted by Crippen LogP contribution is -2.33. The Morgan fingerprint density at radius 1 is 1.37 bits per heavy atom. The quantitative estimate of drug-likeness (QED) is 0.846. The first-order valence-corrected chi connectivity index (χ1v) is 7.85. The predicted octanol–water partition coefficient (Wildman–Crippen LogP) is 3.90. The van der Waals surface area contributed by atoms with Crippen LogP contribution in [0.15, 0.2) is 12.4 Å². The van der Waals surface area contributed by atoms with Gasteiger partial charge in [-0.15, -0.1) is 0 Å². The fourth-order valence-corrected chi connectivity index (χ4v) is 3.78. The molecule has 19 heavy (non-hydrogen) atoms. The lowest BCUT2D eigenvalue weighted by atomic mass is 9.71. The van der Waals surface area contributed by atoms with Crippen LogP contribution < -0.4 is 5.73 Å². The van der Waals surface area contributed by atoms with Crippen molar-refractivity contribution in [3.8, 4) is 0 Å². The van der Waals surface area contributed by atoms with E-state index in [9.17, 15) is 0 Å². The molecule has 3 heteroatoms. The summed E-state index contributed by atoms with van der Waals surface area (Å²) in [6.45, 7) is 7.79. The Morgan fingerprint density at radius 3 is 2.63 bits per heavy atom. The summed E-state index contributed by atoms with van der Waals surface area (Å²) in [6.07, 6.45) is 11.7. The molecule has 1 aromatic heterocycles. The average Bonchev–Trinajstić information content (AvgIpc) is 2.98. The van der Waals surface area contributed by atoms with Crippen molar-refractivity contribution >= 4 is 0 Å². The van der Waals surface area contributed by atoms with Crippen molar-refractivity contribution in [1.82, 2.24) is 9.78 Å². The molecule has 0 aliphatic heterocycles. The van der Waals surface area contributed by atoms with Gasteiger partial charge in [-0.3, -0.25) is 4.68 Å². The van der Waals surface area contributed by atoms with E-state index < -0.39 is 0 Å². The van der Waals surface area contributed by atoms with E-state index in [0.29, 0.717) is 5.41 Å². The van der Waals surface area contributed by atoms with E-state index in [1.54, 1.807) is 0 Å². The van der Waals surface area contributed by atoms with Crippen LogP contribution in [-0.2, 0) is 6.54 Å². The van der Waals surface area contributed by atoms with Gasteiger partial charge in [0.05, 0.1) is 6.20 Å². The van der Waals surface area contributed by atoms with Crippen LogP contribution in [0.3, 0.4) is 0 Å². The van der Waals surface area contributed by atoms with E-state index in [4.69, 9.17) is 5.73 Å². The Balaban J connectivity index is 2.16. The molecule has 1 atom stereocenters. The maximum absolute atomic E-state index is 6.64. The van der Waals surface area contributed by atoms with Gasteiger partial charge in [-0.1, -0.05) is 33.6 Å². The highest BCUT2D eigenvalue weighted by Crippen LogP contribution is 2.50. The zero-order valence-corrected chi connectivity index (χ0v) is 12.7. The number of aryl methyl sites for hydroxylation is 1. The van der Waals surface area contributed by atoms with Gasteiger partial charge in [-0.05, 0) is 37.0 Å². The molecular formula is C16H29N3. The summed E-state index contributed by atoms with van der Waals surface area (Å²) in [5.74, 6) is 0.717. The Labute approximate surface area is 117 Å². The third-order valence-electron chi connectivity index (χ3n) is 4.54. The Hall–Kier alpha value is -0.830. The van der Waals surface area contributed by atoms with Crippen molar-refractivity contribution < 1.29 is 0 Å². The fourth-order valence-electron chi connectivity index (χ4n) is 3.78. The molecule has 1 fully saturated rings. The van der Waals surface area contributed by atoms with Crippen LogP contribution in [-0.4, -0.2) is 9.78 Å². The highest BCUT2D eigenvalue weighted by molar-refractivity contribution is 5.15. The Kier molecular flexibility index (Phi) is 4.67. The van der Waals surface area contributed by atoms with Crippen LogP contribution >= 0.6 is 0 Å². The smallest absolute Gasteiger partial charge is 0.0537 e. The predicted molar refractivity (Wildman–Crippen MR) is 79.8 cm³/mol. The third kappa shape index (κ3) is 3.19. The molecule has 3 nitrogen and oxygen atoms in total. The largest absolute Gasteiger partial charge is 0.323 e. The van der Waals surface area contributed by atoms with Gasteiger partial charge in [0.2, 0.25) is 0 Å². The molecule has 0 amide bonds. The molecule has 0 radical (unpaired) electrons. The average molecular weight is 263 g/mol.